The molecule has 2 aromatic carbocycles. The van der Waals surface area contributed by atoms with Crippen LogP contribution in [-0.2, 0) is 12.6 Å². The Morgan fingerprint density at radius 3 is 2.32 bits per heavy atom. The molecule has 1 saturated carbocycles. The Kier molecular flexibility index (Phi) is 11.0. The molecule has 0 bridgehead atoms. The molecule has 0 unspecified atom stereocenters. The highest BCUT2D eigenvalue weighted by atomic mass is 19.4. The predicted molar refractivity (Wildman–Crippen MR) is 173 cm³/mol. The van der Waals surface area contributed by atoms with Gasteiger partial charge in [-0.3, -0.25) is 4.79 Å². The largest absolute Gasteiger partial charge is 0.433 e. The van der Waals surface area contributed by atoms with Crippen molar-refractivity contribution in [1.82, 2.24) is 10.3 Å². The number of benzene rings is 2. The fourth-order valence-electron chi connectivity index (χ4n) is 6.72. The number of fused-ring (bicyclic) bond motifs is 1. The van der Waals surface area contributed by atoms with Crippen LogP contribution in [0.4, 0.5) is 24.5 Å². The third-order valence-electron chi connectivity index (χ3n) is 9.20. The SMILES string of the molecule is CCCCCCCCCc1ccc2nc(C(F)(F)F)cc(N[C@H]3CCC[C@@H](NC(=O)c4ccc(N5CCCC5)cc4)C3)c2c1. The van der Waals surface area contributed by atoms with Gasteiger partial charge in [0, 0.05) is 47.5 Å². The molecule has 5 rings (SSSR count). The molecule has 8 heteroatoms. The third kappa shape index (κ3) is 8.66. The van der Waals surface area contributed by atoms with Crippen molar-refractivity contribution in [2.75, 3.05) is 23.3 Å². The van der Waals surface area contributed by atoms with Gasteiger partial charge in [0.2, 0.25) is 0 Å². The third-order valence-corrected chi connectivity index (χ3v) is 9.20. The predicted octanol–water partition coefficient (Wildman–Crippen LogP) is 9.30. The quantitative estimate of drug-likeness (QED) is 0.190. The topological polar surface area (TPSA) is 57.3 Å². The van der Waals surface area contributed by atoms with Gasteiger partial charge in [0.15, 0.2) is 0 Å². The fourth-order valence-corrected chi connectivity index (χ4v) is 6.72. The number of carbonyl (C=O) groups is 1. The molecule has 1 amide bonds. The van der Waals surface area contributed by atoms with Gasteiger partial charge in [-0.2, -0.15) is 13.2 Å². The Morgan fingerprint density at radius 1 is 0.886 bits per heavy atom. The summed E-state index contributed by atoms with van der Waals surface area (Å²) in [5.74, 6) is -0.104. The van der Waals surface area contributed by atoms with Gasteiger partial charge >= 0.3 is 6.18 Å². The summed E-state index contributed by atoms with van der Waals surface area (Å²) >= 11 is 0. The van der Waals surface area contributed by atoms with E-state index in [-0.39, 0.29) is 18.0 Å². The van der Waals surface area contributed by atoms with Crippen LogP contribution in [0.3, 0.4) is 0 Å². The minimum Gasteiger partial charge on any atom is -0.382 e. The van der Waals surface area contributed by atoms with Gasteiger partial charge in [-0.25, -0.2) is 4.98 Å². The second kappa shape index (κ2) is 15.1. The first kappa shape index (κ1) is 32.1. The number of anilines is 2. The molecule has 2 N–H and O–H groups in total. The number of rotatable bonds is 13. The summed E-state index contributed by atoms with van der Waals surface area (Å²) < 4.78 is 41.4. The maximum Gasteiger partial charge on any atom is 0.433 e. The van der Waals surface area contributed by atoms with Gasteiger partial charge in [0.25, 0.3) is 5.91 Å². The standard InChI is InChI=1S/C36H47F3N4O/c1-2-3-4-5-6-7-8-12-26-15-20-32-31(23-26)33(25-34(42-32)36(37,38)39)40-28-13-11-14-29(24-28)41-35(44)27-16-18-30(19-17-27)43-21-9-10-22-43/h15-20,23,25,28-29H,2-14,21-22,24H2,1H3,(H,40,42)(H,41,44)/t28-,29+/m0/s1. The van der Waals surface area contributed by atoms with E-state index < -0.39 is 11.9 Å². The van der Waals surface area contributed by atoms with Crippen LogP contribution in [0, 0.1) is 0 Å². The number of halogens is 3. The Bertz CT molecular complexity index is 1370. The van der Waals surface area contributed by atoms with Crippen molar-refractivity contribution in [2.45, 2.75) is 115 Å². The number of nitrogens with zero attached hydrogens (tertiary/aromatic N) is 2. The summed E-state index contributed by atoms with van der Waals surface area (Å²) in [6.07, 6.45) is 10.5. The van der Waals surface area contributed by atoms with Gasteiger partial charge in [0.1, 0.15) is 5.69 Å². The lowest BCUT2D eigenvalue weighted by Gasteiger charge is -2.31. The van der Waals surface area contributed by atoms with Crippen molar-refractivity contribution in [2.24, 2.45) is 0 Å². The maximum atomic E-state index is 13.8. The number of hydrogen-bond acceptors (Lipinski definition) is 4. The lowest BCUT2D eigenvalue weighted by molar-refractivity contribution is -0.140. The summed E-state index contributed by atoms with van der Waals surface area (Å²) in [5.41, 5.74) is 2.84. The molecule has 1 aliphatic heterocycles. The number of hydrogen-bond donors (Lipinski definition) is 2. The highest BCUT2D eigenvalue weighted by Crippen LogP contribution is 2.35. The van der Waals surface area contributed by atoms with Crippen molar-refractivity contribution >= 4 is 28.2 Å². The molecule has 5 nitrogen and oxygen atoms in total. The van der Waals surface area contributed by atoms with Gasteiger partial charge in [-0.15, -0.1) is 0 Å². The number of amides is 1. The van der Waals surface area contributed by atoms with Crippen LogP contribution in [0.25, 0.3) is 10.9 Å². The van der Waals surface area contributed by atoms with E-state index in [1.807, 2.05) is 36.4 Å². The minimum atomic E-state index is -4.53. The van der Waals surface area contributed by atoms with E-state index in [0.29, 0.717) is 23.2 Å². The summed E-state index contributed by atoms with van der Waals surface area (Å²) in [7, 11) is 0. The molecule has 3 aromatic rings. The first-order valence-electron chi connectivity index (χ1n) is 16.7. The van der Waals surface area contributed by atoms with Gasteiger partial charge in [0.05, 0.1) is 5.52 Å². The molecule has 1 aliphatic carbocycles. The van der Waals surface area contributed by atoms with Crippen molar-refractivity contribution in [3.63, 3.8) is 0 Å². The van der Waals surface area contributed by atoms with Crippen LogP contribution in [0.2, 0.25) is 0 Å². The zero-order valence-corrected chi connectivity index (χ0v) is 26.0. The number of unbranched alkanes of at least 4 members (excludes halogenated alkanes) is 6. The summed E-state index contributed by atoms with van der Waals surface area (Å²) in [6.45, 7) is 4.33. The van der Waals surface area contributed by atoms with Gasteiger partial charge in [-0.05, 0) is 99.4 Å². The Labute approximate surface area is 260 Å². The fraction of sp³-hybridized carbons (Fsp3) is 0.556. The van der Waals surface area contributed by atoms with E-state index in [4.69, 9.17) is 0 Å². The lowest BCUT2D eigenvalue weighted by atomic mass is 9.90. The minimum absolute atomic E-state index is 0.0462. The smallest absolute Gasteiger partial charge is 0.382 e. The normalized spacial score (nSPS) is 19.0. The highest BCUT2D eigenvalue weighted by molar-refractivity contribution is 5.95. The van der Waals surface area contributed by atoms with Gasteiger partial charge < -0.3 is 15.5 Å². The van der Waals surface area contributed by atoms with Crippen molar-refractivity contribution in [3.05, 3.63) is 65.4 Å². The first-order valence-corrected chi connectivity index (χ1v) is 16.7. The van der Waals surface area contributed by atoms with E-state index >= 15 is 0 Å². The Hall–Kier alpha value is -3.29. The number of carbonyl (C=O) groups excluding carboxylic acids is 1. The van der Waals surface area contributed by atoms with E-state index in [1.54, 1.807) is 6.07 Å². The molecule has 0 spiro atoms. The molecule has 1 saturated heterocycles. The molecular weight excluding hydrogens is 561 g/mol. The molecule has 2 heterocycles. The second-order valence-electron chi connectivity index (χ2n) is 12.7. The number of pyridine rings is 1. The molecule has 0 radical (unpaired) electrons. The van der Waals surface area contributed by atoms with E-state index in [1.165, 1.54) is 44.9 Å². The number of aryl methyl sites for hydroxylation is 1. The maximum absolute atomic E-state index is 13.8. The van der Waals surface area contributed by atoms with E-state index in [2.05, 4.69) is 27.4 Å². The van der Waals surface area contributed by atoms with Crippen LogP contribution in [0.1, 0.15) is 112 Å². The molecule has 44 heavy (non-hydrogen) atoms. The van der Waals surface area contributed by atoms with Gasteiger partial charge in [-0.1, -0.05) is 51.5 Å². The molecule has 2 aliphatic rings. The molecule has 1 aromatic heterocycles. The number of nitrogens with one attached hydrogen (secondary N) is 2. The van der Waals surface area contributed by atoms with Crippen molar-refractivity contribution < 1.29 is 18.0 Å². The Balaban J connectivity index is 1.24. The lowest BCUT2D eigenvalue weighted by Crippen LogP contribution is -2.41. The summed E-state index contributed by atoms with van der Waals surface area (Å²) in [6, 6.07) is 14.5. The second-order valence-corrected chi connectivity index (χ2v) is 12.7. The Morgan fingerprint density at radius 2 is 1.59 bits per heavy atom. The molecule has 238 valence electrons. The van der Waals surface area contributed by atoms with Crippen LogP contribution < -0.4 is 15.5 Å². The van der Waals surface area contributed by atoms with Crippen molar-refractivity contribution in [1.29, 1.82) is 0 Å². The zero-order chi connectivity index (χ0) is 30.9. The zero-order valence-electron chi connectivity index (χ0n) is 26.0. The van der Waals surface area contributed by atoms with Crippen LogP contribution in [-0.4, -0.2) is 36.1 Å². The van der Waals surface area contributed by atoms with Crippen molar-refractivity contribution in [3.8, 4) is 0 Å². The van der Waals surface area contributed by atoms with E-state index in [0.717, 1.165) is 74.3 Å². The average Bonchev–Trinajstić information content (AvgIpc) is 3.56. The average molecular weight is 609 g/mol. The molecule has 2 atom stereocenters. The van der Waals surface area contributed by atoms with Crippen LogP contribution in [0.5, 0.6) is 0 Å². The monoisotopic (exact) mass is 608 g/mol. The van der Waals surface area contributed by atoms with Crippen LogP contribution >= 0.6 is 0 Å². The molecule has 2 fully saturated rings. The number of aromatic nitrogens is 1. The highest BCUT2D eigenvalue weighted by Gasteiger charge is 2.34. The first-order chi connectivity index (χ1) is 21.3. The van der Waals surface area contributed by atoms with Crippen LogP contribution in [0.15, 0.2) is 48.5 Å². The van der Waals surface area contributed by atoms with E-state index in [9.17, 15) is 18.0 Å². The summed E-state index contributed by atoms with van der Waals surface area (Å²) in [5, 5.41) is 7.35. The summed E-state index contributed by atoms with van der Waals surface area (Å²) in [4.78, 5) is 19.4. The molecular formula is C36H47F3N4O. The number of alkyl halides is 3.